The van der Waals surface area contributed by atoms with E-state index in [1.54, 1.807) is 0 Å². The lowest BCUT2D eigenvalue weighted by Crippen LogP contribution is -2.45. The molecule has 1 aliphatic heterocycles. The number of benzene rings is 1. The van der Waals surface area contributed by atoms with Gasteiger partial charge in [0.2, 0.25) is 0 Å². The lowest BCUT2D eigenvalue weighted by molar-refractivity contribution is 0.110. The van der Waals surface area contributed by atoms with Gasteiger partial charge in [-0.25, -0.2) is 0 Å². The van der Waals surface area contributed by atoms with Crippen LogP contribution in [0.3, 0.4) is 0 Å². The third kappa shape index (κ3) is 4.31. The third-order valence-corrected chi connectivity index (χ3v) is 5.08. The van der Waals surface area contributed by atoms with Crippen molar-refractivity contribution in [2.24, 2.45) is 11.1 Å². The molecule has 0 aliphatic carbocycles. The molecule has 2 rings (SSSR count). The average molecular weight is 288 g/mol. The summed E-state index contributed by atoms with van der Waals surface area (Å²) in [5.74, 6) is 0. The molecule has 2 atom stereocenters. The summed E-state index contributed by atoms with van der Waals surface area (Å²) in [6, 6.07) is 11.4. The Labute approximate surface area is 130 Å². The van der Waals surface area contributed by atoms with Gasteiger partial charge in [-0.3, -0.25) is 4.90 Å². The molecule has 1 saturated heterocycles. The molecule has 0 amide bonds. The number of rotatable bonds is 5. The Bertz CT molecular complexity index is 413. The van der Waals surface area contributed by atoms with E-state index < -0.39 is 0 Å². The molecule has 0 spiro atoms. The van der Waals surface area contributed by atoms with Crippen molar-refractivity contribution in [3.05, 3.63) is 35.9 Å². The average Bonchev–Trinajstić information content (AvgIpc) is 2.71. The minimum Gasteiger partial charge on any atom is -0.323 e. The van der Waals surface area contributed by atoms with Crippen LogP contribution in [-0.4, -0.2) is 24.0 Å². The Morgan fingerprint density at radius 1 is 1.19 bits per heavy atom. The number of hydrogen-bond acceptors (Lipinski definition) is 2. The molecule has 2 N–H and O–H groups in total. The molecule has 0 radical (unpaired) electrons. The third-order valence-electron chi connectivity index (χ3n) is 5.08. The van der Waals surface area contributed by atoms with Crippen molar-refractivity contribution in [3.8, 4) is 0 Å². The standard InChI is InChI=1S/C19H32N2/c1-4-17-13-9-6-10-14-21(17)15-19(2,3)18(20)16-11-7-5-8-12-16/h5,7-8,11-12,17-18H,4,6,9-10,13-15,20H2,1-3H3. The van der Waals surface area contributed by atoms with Gasteiger partial charge >= 0.3 is 0 Å². The fourth-order valence-electron chi connectivity index (χ4n) is 3.64. The molecule has 0 saturated carbocycles. The minimum absolute atomic E-state index is 0.0963. The van der Waals surface area contributed by atoms with Crippen LogP contribution in [0.2, 0.25) is 0 Å². The van der Waals surface area contributed by atoms with E-state index in [0.29, 0.717) is 0 Å². The van der Waals surface area contributed by atoms with Crippen molar-refractivity contribution >= 4 is 0 Å². The van der Waals surface area contributed by atoms with Gasteiger partial charge < -0.3 is 5.73 Å². The lowest BCUT2D eigenvalue weighted by Gasteiger charge is -2.40. The zero-order valence-electron chi connectivity index (χ0n) is 14.0. The molecule has 1 aromatic rings. The highest BCUT2D eigenvalue weighted by Crippen LogP contribution is 2.34. The quantitative estimate of drug-likeness (QED) is 0.872. The van der Waals surface area contributed by atoms with Gasteiger partial charge in [-0.2, -0.15) is 0 Å². The summed E-state index contributed by atoms with van der Waals surface area (Å²) < 4.78 is 0. The number of nitrogens with two attached hydrogens (primary N) is 1. The Kier molecular flexibility index (Phi) is 5.83. The van der Waals surface area contributed by atoms with Gasteiger partial charge in [0.1, 0.15) is 0 Å². The fraction of sp³-hybridized carbons (Fsp3) is 0.684. The molecule has 21 heavy (non-hydrogen) atoms. The Hall–Kier alpha value is -0.860. The van der Waals surface area contributed by atoms with Crippen LogP contribution in [0, 0.1) is 5.41 Å². The predicted molar refractivity (Wildman–Crippen MR) is 91.3 cm³/mol. The van der Waals surface area contributed by atoms with Crippen LogP contribution >= 0.6 is 0 Å². The van der Waals surface area contributed by atoms with Crippen molar-refractivity contribution in [2.45, 2.75) is 65.0 Å². The van der Waals surface area contributed by atoms with Crippen LogP contribution in [0.15, 0.2) is 30.3 Å². The highest BCUT2D eigenvalue weighted by atomic mass is 15.2. The van der Waals surface area contributed by atoms with E-state index in [2.05, 4.69) is 56.0 Å². The van der Waals surface area contributed by atoms with E-state index in [9.17, 15) is 0 Å². The fourth-order valence-corrected chi connectivity index (χ4v) is 3.64. The van der Waals surface area contributed by atoms with Crippen LogP contribution < -0.4 is 5.73 Å². The first kappa shape index (κ1) is 16.5. The molecule has 118 valence electrons. The summed E-state index contributed by atoms with van der Waals surface area (Å²) in [6.45, 7) is 9.31. The van der Waals surface area contributed by atoms with Gasteiger partial charge in [0, 0.05) is 18.6 Å². The van der Waals surface area contributed by atoms with Gasteiger partial charge in [-0.05, 0) is 36.8 Å². The van der Waals surface area contributed by atoms with E-state index in [-0.39, 0.29) is 11.5 Å². The number of hydrogen-bond donors (Lipinski definition) is 1. The van der Waals surface area contributed by atoms with Crippen molar-refractivity contribution in [1.82, 2.24) is 4.90 Å². The second kappa shape index (κ2) is 7.42. The molecular formula is C19H32N2. The molecular weight excluding hydrogens is 256 g/mol. The van der Waals surface area contributed by atoms with Crippen LogP contribution in [-0.2, 0) is 0 Å². The highest BCUT2D eigenvalue weighted by molar-refractivity contribution is 5.20. The molecule has 1 fully saturated rings. The molecule has 1 heterocycles. The predicted octanol–water partition coefficient (Wildman–Crippen LogP) is 4.37. The second-order valence-corrected chi connectivity index (χ2v) is 7.26. The first-order valence-electron chi connectivity index (χ1n) is 8.59. The van der Waals surface area contributed by atoms with Crippen LogP contribution in [0.1, 0.15) is 64.5 Å². The molecule has 2 unspecified atom stereocenters. The van der Waals surface area contributed by atoms with Gasteiger partial charge in [-0.1, -0.05) is 63.9 Å². The summed E-state index contributed by atoms with van der Waals surface area (Å²) in [5.41, 5.74) is 7.94. The summed E-state index contributed by atoms with van der Waals surface area (Å²) in [5, 5.41) is 0. The molecule has 2 nitrogen and oxygen atoms in total. The van der Waals surface area contributed by atoms with Gasteiger partial charge in [0.05, 0.1) is 0 Å². The smallest absolute Gasteiger partial charge is 0.0359 e. The Morgan fingerprint density at radius 3 is 2.57 bits per heavy atom. The van der Waals surface area contributed by atoms with E-state index in [0.717, 1.165) is 12.6 Å². The zero-order chi connectivity index (χ0) is 15.3. The van der Waals surface area contributed by atoms with Gasteiger partial charge in [0.25, 0.3) is 0 Å². The Morgan fingerprint density at radius 2 is 1.90 bits per heavy atom. The summed E-state index contributed by atoms with van der Waals surface area (Å²) in [7, 11) is 0. The summed E-state index contributed by atoms with van der Waals surface area (Å²) in [4.78, 5) is 2.70. The molecule has 0 bridgehead atoms. The molecule has 1 aliphatic rings. The van der Waals surface area contributed by atoms with Crippen molar-refractivity contribution in [2.75, 3.05) is 13.1 Å². The monoisotopic (exact) mass is 288 g/mol. The van der Waals surface area contributed by atoms with Crippen LogP contribution in [0.5, 0.6) is 0 Å². The largest absolute Gasteiger partial charge is 0.323 e. The van der Waals surface area contributed by atoms with E-state index in [1.165, 1.54) is 44.2 Å². The maximum Gasteiger partial charge on any atom is 0.0359 e. The minimum atomic E-state index is 0.0963. The van der Waals surface area contributed by atoms with Crippen molar-refractivity contribution < 1.29 is 0 Å². The maximum absolute atomic E-state index is 6.59. The number of likely N-dealkylation sites (tertiary alicyclic amines) is 1. The first-order valence-corrected chi connectivity index (χ1v) is 8.59. The van der Waals surface area contributed by atoms with Crippen LogP contribution in [0.25, 0.3) is 0 Å². The highest BCUT2D eigenvalue weighted by Gasteiger charge is 2.32. The van der Waals surface area contributed by atoms with Gasteiger partial charge in [-0.15, -0.1) is 0 Å². The molecule has 1 aromatic carbocycles. The second-order valence-electron chi connectivity index (χ2n) is 7.26. The zero-order valence-corrected chi connectivity index (χ0v) is 14.0. The topological polar surface area (TPSA) is 29.3 Å². The first-order chi connectivity index (χ1) is 10.0. The van der Waals surface area contributed by atoms with E-state index in [4.69, 9.17) is 5.73 Å². The summed E-state index contributed by atoms with van der Waals surface area (Å²) >= 11 is 0. The Balaban J connectivity index is 2.07. The van der Waals surface area contributed by atoms with Crippen molar-refractivity contribution in [1.29, 1.82) is 0 Å². The normalized spacial score (nSPS) is 22.8. The van der Waals surface area contributed by atoms with E-state index in [1.807, 2.05) is 0 Å². The van der Waals surface area contributed by atoms with Gasteiger partial charge in [0.15, 0.2) is 0 Å². The molecule has 0 aromatic heterocycles. The van der Waals surface area contributed by atoms with E-state index >= 15 is 0 Å². The van der Waals surface area contributed by atoms with Crippen molar-refractivity contribution in [3.63, 3.8) is 0 Å². The number of nitrogens with zero attached hydrogens (tertiary/aromatic N) is 1. The maximum atomic E-state index is 6.59. The van der Waals surface area contributed by atoms with Crippen LogP contribution in [0.4, 0.5) is 0 Å². The summed E-state index contributed by atoms with van der Waals surface area (Å²) in [6.07, 6.45) is 6.73. The SMILES string of the molecule is CCC1CCCCCN1CC(C)(C)C(N)c1ccccc1. The molecule has 2 heteroatoms. The lowest BCUT2D eigenvalue weighted by atomic mass is 9.80.